The van der Waals surface area contributed by atoms with Gasteiger partial charge in [0.1, 0.15) is 5.82 Å². The summed E-state index contributed by atoms with van der Waals surface area (Å²) < 4.78 is 0. The molecule has 0 fully saturated rings. The molecule has 36 heavy (non-hydrogen) atoms. The Balaban J connectivity index is 0.00000304. The van der Waals surface area contributed by atoms with Crippen molar-refractivity contribution in [2.24, 2.45) is 0 Å². The smallest absolute Gasteiger partial charge is 0.258 e. The zero-order valence-corrected chi connectivity index (χ0v) is 21.4. The highest BCUT2D eigenvalue weighted by molar-refractivity contribution is 6.09. The molecule has 1 aromatic heterocycles. The molecule has 0 bridgehead atoms. The van der Waals surface area contributed by atoms with Gasteiger partial charge in [0.2, 0.25) is 0 Å². The standard InChI is InChI=1S/C29H28N4O2.ClH/c1-18(2)22-8-4-5-9-23(22)28(34)32-21-14-12-20(13-15-21)29(35)33-17-16-25-27(31-19(3)30-25)24-10-6-7-11-26(24)33;/h4-15,18H,16-17H2,1-3H3,(H,30,31)(H,32,34);1H. The molecule has 1 aliphatic heterocycles. The van der Waals surface area contributed by atoms with Gasteiger partial charge in [-0.2, -0.15) is 0 Å². The summed E-state index contributed by atoms with van der Waals surface area (Å²) in [7, 11) is 0. The van der Waals surface area contributed by atoms with Gasteiger partial charge in [-0.1, -0.05) is 50.2 Å². The van der Waals surface area contributed by atoms with Crippen LogP contribution in [-0.2, 0) is 6.42 Å². The molecule has 5 rings (SSSR count). The van der Waals surface area contributed by atoms with E-state index in [-0.39, 0.29) is 30.1 Å². The fourth-order valence-corrected chi connectivity index (χ4v) is 4.67. The maximum absolute atomic E-state index is 13.5. The van der Waals surface area contributed by atoms with Crippen LogP contribution in [0.3, 0.4) is 0 Å². The number of benzene rings is 3. The Bertz CT molecular complexity index is 1410. The molecule has 0 saturated heterocycles. The SMILES string of the molecule is Cc1nc2c([nH]1)CCN(C(=O)c1ccc(NC(=O)c3ccccc3C(C)C)cc1)c1ccccc1-2.Cl. The van der Waals surface area contributed by atoms with Gasteiger partial charge in [0.25, 0.3) is 11.8 Å². The van der Waals surface area contributed by atoms with Crippen LogP contribution in [0.1, 0.15) is 57.6 Å². The molecule has 2 N–H and O–H groups in total. The number of aromatic amines is 1. The first-order valence-electron chi connectivity index (χ1n) is 11.9. The van der Waals surface area contributed by atoms with Gasteiger partial charge >= 0.3 is 0 Å². The number of imidazole rings is 1. The van der Waals surface area contributed by atoms with E-state index in [1.807, 2.05) is 60.4 Å². The van der Waals surface area contributed by atoms with E-state index < -0.39 is 0 Å². The Morgan fingerprint density at radius 2 is 1.67 bits per heavy atom. The second-order valence-electron chi connectivity index (χ2n) is 9.15. The molecule has 0 radical (unpaired) electrons. The molecule has 2 amide bonds. The van der Waals surface area contributed by atoms with E-state index in [1.165, 1.54) is 0 Å². The zero-order valence-electron chi connectivity index (χ0n) is 20.5. The van der Waals surface area contributed by atoms with Gasteiger partial charge in [-0.05, 0) is 54.8 Å². The minimum Gasteiger partial charge on any atom is -0.346 e. The number of hydrogen-bond donors (Lipinski definition) is 2. The van der Waals surface area contributed by atoms with Crippen molar-refractivity contribution in [3.8, 4) is 11.3 Å². The number of fused-ring (bicyclic) bond motifs is 3. The van der Waals surface area contributed by atoms with Crippen molar-refractivity contribution in [2.45, 2.75) is 33.1 Å². The first kappa shape index (κ1) is 25.2. The molecule has 0 aliphatic carbocycles. The molecule has 0 spiro atoms. The molecule has 0 atom stereocenters. The molecule has 2 heterocycles. The number of rotatable bonds is 4. The van der Waals surface area contributed by atoms with Crippen molar-refractivity contribution < 1.29 is 9.59 Å². The minimum atomic E-state index is -0.154. The van der Waals surface area contributed by atoms with Crippen molar-refractivity contribution in [3.05, 3.63) is 101 Å². The molecule has 4 aromatic rings. The van der Waals surface area contributed by atoms with Gasteiger partial charge in [0.05, 0.1) is 11.4 Å². The fraction of sp³-hybridized carbons (Fsp3) is 0.207. The Labute approximate surface area is 217 Å². The third kappa shape index (κ3) is 4.77. The summed E-state index contributed by atoms with van der Waals surface area (Å²) in [5.74, 6) is 0.883. The topological polar surface area (TPSA) is 78.1 Å². The Hall–Kier alpha value is -3.90. The number of anilines is 2. The molecule has 0 unspecified atom stereocenters. The van der Waals surface area contributed by atoms with Crippen LogP contribution in [-0.4, -0.2) is 28.3 Å². The molecular formula is C29H29ClN4O2. The summed E-state index contributed by atoms with van der Waals surface area (Å²) in [5.41, 5.74) is 6.64. The molecule has 6 nitrogen and oxygen atoms in total. The number of amides is 2. The Kier molecular flexibility index (Phi) is 7.27. The highest BCUT2D eigenvalue weighted by Gasteiger charge is 2.26. The molecule has 0 saturated carbocycles. The lowest BCUT2D eigenvalue weighted by Crippen LogP contribution is -2.32. The second kappa shape index (κ2) is 10.4. The van der Waals surface area contributed by atoms with Crippen molar-refractivity contribution in [1.82, 2.24) is 9.97 Å². The molecule has 1 aliphatic rings. The predicted molar refractivity (Wildman–Crippen MR) is 146 cm³/mol. The number of para-hydroxylation sites is 1. The van der Waals surface area contributed by atoms with E-state index in [1.54, 1.807) is 24.3 Å². The van der Waals surface area contributed by atoms with Crippen molar-refractivity contribution in [3.63, 3.8) is 0 Å². The molecule has 184 valence electrons. The minimum absolute atomic E-state index is 0. The first-order chi connectivity index (χ1) is 16.9. The summed E-state index contributed by atoms with van der Waals surface area (Å²) in [6.45, 7) is 6.64. The number of halogens is 1. The van der Waals surface area contributed by atoms with Crippen molar-refractivity contribution >= 4 is 35.6 Å². The third-order valence-electron chi connectivity index (χ3n) is 6.39. The number of carbonyl (C=O) groups is 2. The van der Waals surface area contributed by atoms with E-state index in [2.05, 4.69) is 29.1 Å². The van der Waals surface area contributed by atoms with Gasteiger partial charge in [-0.15, -0.1) is 12.4 Å². The molecule has 7 heteroatoms. The summed E-state index contributed by atoms with van der Waals surface area (Å²) in [4.78, 5) is 36.2. The first-order valence-corrected chi connectivity index (χ1v) is 11.9. The number of carbonyl (C=O) groups excluding carboxylic acids is 2. The van der Waals surface area contributed by atoms with E-state index in [0.29, 0.717) is 29.8 Å². The van der Waals surface area contributed by atoms with Gasteiger partial charge in [-0.3, -0.25) is 9.59 Å². The second-order valence-corrected chi connectivity index (χ2v) is 9.15. The van der Waals surface area contributed by atoms with Crippen LogP contribution in [0.15, 0.2) is 72.8 Å². The quantitative estimate of drug-likeness (QED) is 0.341. The number of hydrogen-bond acceptors (Lipinski definition) is 3. The largest absolute Gasteiger partial charge is 0.346 e. The highest BCUT2D eigenvalue weighted by atomic mass is 35.5. The van der Waals surface area contributed by atoms with Gasteiger partial charge in [0.15, 0.2) is 0 Å². The number of H-pyrrole nitrogens is 1. The van der Waals surface area contributed by atoms with Crippen LogP contribution in [0, 0.1) is 6.92 Å². The van der Waals surface area contributed by atoms with Gasteiger partial charge < -0.3 is 15.2 Å². The van der Waals surface area contributed by atoms with E-state index >= 15 is 0 Å². The average molecular weight is 501 g/mol. The molecule has 3 aromatic carbocycles. The van der Waals surface area contributed by atoms with E-state index in [0.717, 1.165) is 34.0 Å². The molecular weight excluding hydrogens is 472 g/mol. The van der Waals surface area contributed by atoms with Crippen LogP contribution in [0.2, 0.25) is 0 Å². The number of aromatic nitrogens is 2. The Morgan fingerprint density at radius 3 is 2.42 bits per heavy atom. The lowest BCUT2D eigenvalue weighted by molar-refractivity contribution is 0.0986. The maximum Gasteiger partial charge on any atom is 0.258 e. The lowest BCUT2D eigenvalue weighted by atomic mass is 9.97. The fourth-order valence-electron chi connectivity index (χ4n) is 4.67. The van der Waals surface area contributed by atoms with Crippen LogP contribution >= 0.6 is 12.4 Å². The summed E-state index contributed by atoms with van der Waals surface area (Å²) >= 11 is 0. The van der Waals surface area contributed by atoms with Crippen LogP contribution in [0.5, 0.6) is 0 Å². The van der Waals surface area contributed by atoms with Gasteiger partial charge in [-0.25, -0.2) is 4.98 Å². The van der Waals surface area contributed by atoms with E-state index in [4.69, 9.17) is 0 Å². The lowest BCUT2D eigenvalue weighted by Gasteiger charge is -2.23. The number of nitrogens with zero attached hydrogens (tertiary/aromatic N) is 2. The number of nitrogens with one attached hydrogen (secondary N) is 2. The van der Waals surface area contributed by atoms with E-state index in [9.17, 15) is 9.59 Å². The average Bonchev–Trinajstić information content (AvgIpc) is 3.17. The van der Waals surface area contributed by atoms with Crippen LogP contribution in [0.25, 0.3) is 11.3 Å². The Morgan fingerprint density at radius 1 is 0.972 bits per heavy atom. The zero-order chi connectivity index (χ0) is 24.5. The summed E-state index contributed by atoms with van der Waals surface area (Å²) in [6, 6.07) is 22.6. The summed E-state index contributed by atoms with van der Waals surface area (Å²) in [6.07, 6.45) is 0.694. The third-order valence-corrected chi connectivity index (χ3v) is 6.39. The highest BCUT2D eigenvalue weighted by Crippen LogP contribution is 2.35. The number of aryl methyl sites for hydroxylation is 1. The van der Waals surface area contributed by atoms with Crippen molar-refractivity contribution in [2.75, 3.05) is 16.8 Å². The summed E-state index contributed by atoms with van der Waals surface area (Å²) in [5, 5.41) is 2.96. The predicted octanol–water partition coefficient (Wildman–Crippen LogP) is 6.39. The maximum atomic E-state index is 13.5. The normalized spacial score (nSPS) is 12.3. The monoisotopic (exact) mass is 500 g/mol. The van der Waals surface area contributed by atoms with Crippen LogP contribution in [0.4, 0.5) is 11.4 Å². The van der Waals surface area contributed by atoms with Crippen LogP contribution < -0.4 is 10.2 Å². The van der Waals surface area contributed by atoms with Gasteiger partial charge in [0, 0.05) is 41.0 Å². The van der Waals surface area contributed by atoms with Crippen molar-refractivity contribution in [1.29, 1.82) is 0 Å².